The minimum Gasteiger partial charge on any atom is -0.497 e. The lowest BCUT2D eigenvalue weighted by molar-refractivity contribution is -0.260. The molecule has 0 bridgehead atoms. The first-order valence-corrected chi connectivity index (χ1v) is 24.3. The molecule has 4 fully saturated rings. The zero-order valence-electron chi connectivity index (χ0n) is 42.7. The number of carbonyl (C=O) groups is 6. The van der Waals surface area contributed by atoms with Gasteiger partial charge in [-0.2, -0.15) is 0 Å². The summed E-state index contributed by atoms with van der Waals surface area (Å²) in [6.07, 6.45) is -12.9. The molecule has 0 aromatic heterocycles. The van der Waals surface area contributed by atoms with Crippen LogP contribution in [0.2, 0.25) is 0 Å². The van der Waals surface area contributed by atoms with E-state index in [1.807, 2.05) is 0 Å². The Morgan fingerprint density at radius 1 is 0.667 bits per heavy atom. The van der Waals surface area contributed by atoms with E-state index in [9.17, 15) is 59.7 Å². The van der Waals surface area contributed by atoms with Crippen LogP contribution in [0.1, 0.15) is 24.0 Å². The van der Waals surface area contributed by atoms with E-state index in [-0.39, 0.29) is 25.5 Å². The van der Waals surface area contributed by atoms with Gasteiger partial charge >= 0.3 is 0 Å². The van der Waals surface area contributed by atoms with Crippen molar-refractivity contribution >= 4 is 47.4 Å². The average Bonchev–Trinajstić information content (AvgIpc) is 3.90. The Morgan fingerprint density at radius 3 is 1.81 bits per heavy atom. The van der Waals surface area contributed by atoms with Crippen molar-refractivity contribution in [3.05, 3.63) is 65.7 Å². The van der Waals surface area contributed by atoms with E-state index >= 15 is 4.79 Å². The fourth-order valence-corrected chi connectivity index (χ4v) is 9.90. The van der Waals surface area contributed by atoms with Gasteiger partial charge in [-0.3, -0.25) is 38.8 Å². The van der Waals surface area contributed by atoms with Crippen LogP contribution in [0, 0.1) is 0 Å². The van der Waals surface area contributed by atoms with E-state index in [0.29, 0.717) is 22.8 Å². The van der Waals surface area contributed by atoms with Crippen LogP contribution >= 0.6 is 0 Å². The zero-order chi connectivity index (χ0) is 55.0. The summed E-state index contributed by atoms with van der Waals surface area (Å²) in [5.74, 6) is -6.32. The molecule has 15 unspecified atom stereocenters. The largest absolute Gasteiger partial charge is 0.497 e. The van der Waals surface area contributed by atoms with Gasteiger partial charge in [0.2, 0.25) is 35.4 Å². The molecule has 0 saturated carbocycles. The molecule has 27 nitrogen and oxygen atoms in total. The van der Waals surface area contributed by atoms with Crippen molar-refractivity contribution in [2.45, 2.75) is 104 Å². The molecule has 4 heterocycles. The predicted octanol–water partition coefficient (Wildman–Crippen LogP) is -7.06. The van der Waals surface area contributed by atoms with Gasteiger partial charge in [0.15, 0.2) is 18.1 Å². The highest BCUT2D eigenvalue weighted by molar-refractivity contribution is 5.98. The van der Waals surface area contributed by atoms with Crippen molar-refractivity contribution in [3.63, 3.8) is 0 Å². The Labute approximate surface area is 432 Å². The number of hydrogen-bond acceptors (Lipinski definition) is 17. The Hall–Kier alpha value is -6.72. The minimum absolute atomic E-state index is 0.00823. The molecule has 4 saturated heterocycles. The van der Waals surface area contributed by atoms with Gasteiger partial charge in [0.05, 0.1) is 39.0 Å². The number of nitrogens with zero attached hydrogens (tertiary/aromatic N) is 6. The molecule has 2 aromatic rings. The van der Waals surface area contributed by atoms with Gasteiger partial charge in [-0.15, -0.1) is 0 Å². The SMILES string of the molecule is CN=C1N(C)CC(C(O)C2NC(=O)C(Cc3ccc(OC)cc3)NC(=O)C(C(C)c3ccccc3)NC(=O)CNC(=O)C(CO)NC(=O)C(C(O)C3CN(C)C(=NC)N3C3OC(CO)C(O)C(O)C3O)NC2=O)N1C. The number of hydrogen-bond donors (Lipinski definition) is 13. The molecule has 0 spiro atoms. The number of ether oxygens (including phenoxy) is 2. The second-order valence-corrected chi connectivity index (χ2v) is 19.0. The second kappa shape index (κ2) is 25.2. The number of amides is 6. The zero-order valence-corrected chi connectivity index (χ0v) is 42.7. The molecule has 13 N–H and O–H groups in total. The van der Waals surface area contributed by atoms with Crippen LogP contribution < -0.4 is 36.6 Å². The molecule has 27 heteroatoms. The summed E-state index contributed by atoms with van der Waals surface area (Å²) in [4.78, 5) is 101. The average molecular weight is 1060 g/mol. The van der Waals surface area contributed by atoms with Crippen molar-refractivity contribution in [1.29, 1.82) is 0 Å². The lowest BCUT2D eigenvalue weighted by Crippen LogP contribution is -2.69. The molecule has 4 aliphatic rings. The Kier molecular flexibility index (Phi) is 19.3. The minimum atomic E-state index is -2.19. The molecule has 0 aliphatic carbocycles. The normalized spacial score (nSPS) is 32.1. The first kappa shape index (κ1) is 57.6. The predicted molar refractivity (Wildman–Crippen MR) is 266 cm³/mol. The van der Waals surface area contributed by atoms with E-state index < -0.39 is 146 Å². The van der Waals surface area contributed by atoms with Gasteiger partial charge in [0.25, 0.3) is 0 Å². The Bertz CT molecular complexity index is 2400. The maximum Gasteiger partial charge on any atom is 0.246 e. The molecule has 6 amide bonds. The summed E-state index contributed by atoms with van der Waals surface area (Å²) < 4.78 is 11.2. The summed E-state index contributed by atoms with van der Waals surface area (Å²) in [7, 11) is 9.11. The fourth-order valence-electron chi connectivity index (χ4n) is 9.90. The summed E-state index contributed by atoms with van der Waals surface area (Å²) in [5, 5.41) is 93.3. The molecule has 412 valence electrons. The second-order valence-electron chi connectivity index (χ2n) is 19.0. The molecule has 15 atom stereocenters. The molecular formula is C48H70N12O15. The third-order valence-corrected chi connectivity index (χ3v) is 14.1. The summed E-state index contributed by atoms with van der Waals surface area (Å²) in [6, 6.07) is 3.73. The number of guanidine groups is 2. The van der Waals surface area contributed by atoms with Crippen LogP contribution in [-0.2, 0) is 39.9 Å². The van der Waals surface area contributed by atoms with Crippen LogP contribution in [0.3, 0.4) is 0 Å². The Morgan fingerprint density at radius 2 is 1.23 bits per heavy atom. The first-order valence-electron chi connectivity index (χ1n) is 24.3. The van der Waals surface area contributed by atoms with Gasteiger partial charge < -0.3 is 96.7 Å². The number of carbonyl (C=O) groups excluding carboxylic acids is 6. The van der Waals surface area contributed by atoms with E-state index in [1.54, 1.807) is 85.4 Å². The summed E-state index contributed by atoms with van der Waals surface area (Å²) in [5.41, 5.74) is 1.11. The number of benzene rings is 2. The van der Waals surface area contributed by atoms with Crippen molar-refractivity contribution in [1.82, 2.24) is 51.5 Å². The van der Waals surface area contributed by atoms with Crippen LogP contribution in [0.15, 0.2) is 64.6 Å². The van der Waals surface area contributed by atoms with E-state index in [1.165, 1.54) is 38.1 Å². The van der Waals surface area contributed by atoms with Gasteiger partial charge in [0.1, 0.15) is 72.6 Å². The third-order valence-electron chi connectivity index (χ3n) is 14.1. The van der Waals surface area contributed by atoms with Gasteiger partial charge in [0, 0.05) is 60.7 Å². The highest BCUT2D eigenvalue weighted by Crippen LogP contribution is 2.31. The Balaban J connectivity index is 1.47. The number of aliphatic imine (C=N–C) groups is 2. The van der Waals surface area contributed by atoms with Crippen molar-refractivity contribution in [2.24, 2.45) is 9.98 Å². The molecule has 4 aliphatic heterocycles. The lowest BCUT2D eigenvalue weighted by Gasteiger charge is -2.46. The van der Waals surface area contributed by atoms with Gasteiger partial charge in [-0.25, -0.2) is 0 Å². The van der Waals surface area contributed by atoms with Crippen LogP contribution in [0.4, 0.5) is 0 Å². The number of likely N-dealkylation sites (N-methyl/N-ethyl adjacent to an activating group) is 3. The quantitative estimate of drug-likeness (QED) is 0.0939. The standard InChI is InChI=1S/C48H70N12O15/c1-23(25-11-9-8-10-12-25)33-43(71)52-27(17-24-13-15-26(74-7)16-14-24)42(70)55-34(36(64)29-19-57(4)47(49-2)59(29)6)45(73)56-35(44(72)53-28(21-61)41(69)51-18-32(63)54-33)37(65)30-20-58(5)48(50-3)60(30)46-40(68)39(67)38(66)31(22-62)75-46/h8-16,23,27-31,33-40,46,61-62,64-68H,17-22H2,1-7H3,(H,51,69)(H,52,71)(H,53,72)(H,54,63)(H,55,70)(H,56,73). The molecule has 75 heavy (non-hydrogen) atoms. The maximum absolute atomic E-state index is 15.2. The third kappa shape index (κ3) is 12.7. The van der Waals surface area contributed by atoms with Crippen LogP contribution in [0.25, 0.3) is 0 Å². The number of nitrogens with one attached hydrogen (secondary N) is 6. The van der Waals surface area contributed by atoms with Crippen molar-refractivity contribution in [2.75, 3.05) is 75.2 Å². The highest BCUT2D eigenvalue weighted by atomic mass is 16.6. The van der Waals surface area contributed by atoms with Gasteiger partial charge in [-0.05, 0) is 23.3 Å². The molecular weight excluding hydrogens is 985 g/mol. The number of aliphatic hydroxyl groups excluding tert-OH is 7. The first-order chi connectivity index (χ1) is 35.7. The van der Waals surface area contributed by atoms with E-state index in [0.717, 1.165) is 0 Å². The topological polar surface area (TPSA) is 372 Å². The smallest absolute Gasteiger partial charge is 0.246 e. The van der Waals surface area contributed by atoms with E-state index in [2.05, 4.69) is 41.9 Å². The monoisotopic (exact) mass is 1050 g/mol. The maximum atomic E-state index is 15.2. The number of rotatable bonds is 12. The summed E-state index contributed by atoms with van der Waals surface area (Å²) >= 11 is 0. The van der Waals surface area contributed by atoms with E-state index in [4.69, 9.17) is 9.47 Å². The molecule has 0 radical (unpaired) electrons. The van der Waals surface area contributed by atoms with Gasteiger partial charge in [-0.1, -0.05) is 49.4 Å². The molecule has 2 aromatic carbocycles. The molecule has 6 rings (SSSR count). The van der Waals surface area contributed by atoms with Crippen LogP contribution in [0.5, 0.6) is 5.75 Å². The number of methoxy groups -OCH3 is 1. The fraction of sp³-hybridized carbons (Fsp3) is 0.583. The summed E-state index contributed by atoms with van der Waals surface area (Å²) in [6.45, 7) is -1.22. The van der Waals surface area contributed by atoms with Crippen LogP contribution in [-0.4, -0.2) is 263 Å². The van der Waals surface area contributed by atoms with Crippen molar-refractivity contribution < 1.29 is 74.0 Å². The van der Waals surface area contributed by atoms with Crippen molar-refractivity contribution in [3.8, 4) is 5.75 Å². The number of aliphatic hydroxyl groups is 7. The highest BCUT2D eigenvalue weighted by Gasteiger charge is 2.54. The lowest BCUT2D eigenvalue weighted by atomic mass is 9.92.